The van der Waals surface area contributed by atoms with Crippen LogP contribution in [-0.4, -0.2) is 18.7 Å². The number of quaternary nitrogens is 1. The highest BCUT2D eigenvalue weighted by molar-refractivity contribution is 7.98. The molecule has 3 aromatic rings. The minimum absolute atomic E-state index is 0.00421. The number of nitrogens with one attached hydrogen (secondary N) is 1. The van der Waals surface area contributed by atoms with Crippen molar-refractivity contribution in [3.63, 3.8) is 0 Å². The number of amides is 1. The van der Waals surface area contributed by atoms with Crippen molar-refractivity contribution in [2.45, 2.75) is 17.9 Å². The van der Waals surface area contributed by atoms with Gasteiger partial charge in [0.2, 0.25) is 0 Å². The van der Waals surface area contributed by atoms with Crippen LogP contribution in [0.1, 0.15) is 22.7 Å². The van der Waals surface area contributed by atoms with E-state index in [0.29, 0.717) is 6.54 Å². The van der Waals surface area contributed by atoms with Crippen LogP contribution in [0.2, 0.25) is 0 Å². The third-order valence-electron chi connectivity index (χ3n) is 4.52. The minimum atomic E-state index is 0.00421. The highest BCUT2D eigenvalue weighted by Gasteiger charge is 2.19. The first-order valence-corrected chi connectivity index (χ1v) is 10.3. The quantitative estimate of drug-likeness (QED) is 0.611. The second kappa shape index (κ2) is 9.40. The lowest BCUT2D eigenvalue weighted by Gasteiger charge is -2.17. The van der Waals surface area contributed by atoms with Gasteiger partial charge in [0.25, 0.3) is 5.91 Å². The first-order valence-electron chi connectivity index (χ1n) is 9.05. The molecule has 0 heterocycles. The highest BCUT2D eigenvalue weighted by atomic mass is 32.2. The zero-order valence-electron chi connectivity index (χ0n) is 15.7. The number of nitrogens with two attached hydrogens (primary N) is 1. The average Bonchev–Trinajstić information content (AvgIpc) is 2.70. The fourth-order valence-electron chi connectivity index (χ4n) is 3.07. The number of para-hydroxylation sites is 1. The summed E-state index contributed by atoms with van der Waals surface area (Å²) in [7, 11) is 0. The van der Waals surface area contributed by atoms with E-state index in [1.165, 1.54) is 16.7 Å². The highest BCUT2D eigenvalue weighted by Crippen LogP contribution is 2.24. The molecule has 0 unspecified atom stereocenters. The summed E-state index contributed by atoms with van der Waals surface area (Å²) in [4.78, 5) is 13.6. The summed E-state index contributed by atoms with van der Waals surface area (Å²) in [6.07, 6.45) is 2.01. The Morgan fingerprint density at radius 1 is 0.926 bits per heavy atom. The Balaban J connectivity index is 1.73. The van der Waals surface area contributed by atoms with Crippen LogP contribution in [0.5, 0.6) is 0 Å². The number of carbonyl (C=O) groups excluding carboxylic acids is 1. The van der Waals surface area contributed by atoms with Crippen LogP contribution in [0.25, 0.3) is 0 Å². The van der Waals surface area contributed by atoms with Gasteiger partial charge in [0.15, 0.2) is 6.54 Å². The normalized spacial score (nSPS) is 11.8. The monoisotopic (exact) mass is 377 g/mol. The van der Waals surface area contributed by atoms with Gasteiger partial charge in [-0.2, -0.15) is 0 Å². The Bertz CT molecular complexity index is 878. The van der Waals surface area contributed by atoms with Gasteiger partial charge in [-0.25, -0.2) is 0 Å². The first-order chi connectivity index (χ1) is 13.2. The van der Waals surface area contributed by atoms with Crippen molar-refractivity contribution >= 4 is 23.4 Å². The molecule has 0 aliphatic carbocycles. The fraction of sp³-hybridized carbons (Fsp3) is 0.174. The van der Waals surface area contributed by atoms with Crippen LogP contribution < -0.4 is 10.6 Å². The lowest BCUT2D eigenvalue weighted by atomic mass is 9.98. The number of hydrogen-bond donors (Lipinski definition) is 2. The minimum Gasteiger partial charge on any atom is -0.328 e. The molecular weight excluding hydrogens is 352 g/mol. The van der Waals surface area contributed by atoms with Gasteiger partial charge in [-0.1, -0.05) is 72.3 Å². The Labute approximate surface area is 165 Å². The molecule has 0 aliphatic rings. The van der Waals surface area contributed by atoms with E-state index in [2.05, 4.69) is 54.0 Å². The van der Waals surface area contributed by atoms with Crippen molar-refractivity contribution in [3.05, 3.63) is 95.6 Å². The summed E-state index contributed by atoms with van der Waals surface area (Å²) >= 11 is 1.63. The van der Waals surface area contributed by atoms with Gasteiger partial charge in [0.1, 0.15) is 6.04 Å². The summed E-state index contributed by atoms with van der Waals surface area (Å²) in [6, 6.07) is 26.8. The van der Waals surface area contributed by atoms with Gasteiger partial charge >= 0.3 is 0 Å². The summed E-state index contributed by atoms with van der Waals surface area (Å²) < 4.78 is 0. The lowest BCUT2D eigenvalue weighted by Crippen LogP contribution is -2.87. The van der Waals surface area contributed by atoms with E-state index in [4.69, 9.17) is 0 Å². The Morgan fingerprint density at radius 3 is 2.26 bits per heavy atom. The van der Waals surface area contributed by atoms with Crippen LogP contribution in [0.15, 0.2) is 83.8 Å². The standard InChI is InChI=1S/C23H24N2OS/c1-17-12-14-19(15-13-17)23(18-8-4-3-5-9-18)24-16-22(26)25-20-10-6-7-11-21(20)27-2/h3-15,23-24H,16H2,1-2H3,(H,25,26)/p+1/t23-/m0/s1. The molecule has 3 rings (SSSR count). The van der Waals surface area contributed by atoms with E-state index < -0.39 is 0 Å². The number of hydrogen-bond acceptors (Lipinski definition) is 2. The molecule has 138 valence electrons. The predicted octanol–water partition coefficient (Wildman–Crippen LogP) is 4.01. The lowest BCUT2D eigenvalue weighted by molar-refractivity contribution is -0.676. The fourth-order valence-corrected chi connectivity index (χ4v) is 3.63. The molecule has 0 radical (unpaired) electrons. The van der Waals surface area contributed by atoms with Gasteiger partial charge in [-0.05, 0) is 25.3 Å². The van der Waals surface area contributed by atoms with Crippen LogP contribution in [-0.2, 0) is 4.79 Å². The molecule has 0 saturated carbocycles. The number of carbonyl (C=O) groups is 1. The maximum Gasteiger partial charge on any atom is 0.279 e. The topological polar surface area (TPSA) is 45.7 Å². The van der Waals surface area contributed by atoms with Gasteiger partial charge in [0, 0.05) is 16.0 Å². The van der Waals surface area contributed by atoms with E-state index in [-0.39, 0.29) is 11.9 Å². The smallest absolute Gasteiger partial charge is 0.279 e. The molecule has 3 nitrogen and oxygen atoms in total. The Morgan fingerprint density at radius 2 is 1.56 bits per heavy atom. The van der Waals surface area contributed by atoms with Crippen LogP contribution in [0.3, 0.4) is 0 Å². The molecule has 4 heteroatoms. The van der Waals surface area contributed by atoms with Crippen LogP contribution >= 0.6 is 11.8 Å². The number of aryl methyl sites for hydroxylation is 1. The van der Waals surface area contributed by atoms with Crippen molar-refractivity contribution in [2.75, 3.05) is 18.1 Å². The third-order valence-corrected chi connectivity index (χ3v) is 5.31. The molecule has 0 fully saturated rings. The third kappa shape index (κ3) is 5.22. The maximum atomic E-state index is 12.6. The second-order valence-corrected chi connectivity index (χ2v) is 7.34. The molecule has 0 aromatic heterocycles. The molecule has 0 spiro atoms. The Kier molecular flexibility index (Phi) is 6.69. The van der Waals surface area contributed by atoms with E-state index in [1.807, 2.05) is 48.7 Å². The largest absolute Gasteiger partial charge is 0.328 e. The van der Waals surface area contributed by atoms with E-state index in [0.717, 1.165) is 10.6 Å². The first kappa shape index (κ1) is 19.2. The molecule has 0 saturated heterocycles. The van der Waals surface area contributed by atoms with Gasteiger partial charge in [0.05, 0.1) is 5.69 Å². The number of rotatable bonds is 7. The zero-order chi connectivity index (χ0) is 19.1. The van der Waals surface area contributed by atoms with Crippen molar-refractivity contribution < 1.29 is 10.1 Å². The molecule has 3 aromatic carbocycles. The van der Waals surface area contributed by atoms with Gasteiger partial charge in [-0.3, -0.25) is 4.79 Å². The van der Waals surface area contributed by atoms with Crippen molar-refractivity contribution in [3.8, 4) is 0 Å². The molecule has 3 N–H and O–H groups in total. The summed E-state index contributed by atoms with van der Waals surface area (Å²) in [5.41, 5.74) is 4.50. The number of anilines is 1. The molecule has 27 heavy (non-hydrogen) atoms. The van der Waals surface area contributed by atoms with E-state index >= 15 is 0 Å². The van der Waals surface area contributed by atoms with Crippen LogP contribution in [0.4, 0.5) is 5.69 Å². The molecule has 0 aliphatic heterocycles. The SMILES string of the molecule is CSc1ccccc1NC(=O)C[NH2+][C@@H](c1ccccc1)c1ccc(C)cc1. The number of thioether (sulfide) groups is 1. The van der Waals surface area contributed by atoms with Crippen molar-refractivity contribution in [1.82, 2.24) is 0 Å². The van der Waals surface area contributed by atoms with Crippen molar-refractivity contribution in [2.24, 2.45) is 0 Å². The number of benzene rings is 3. The zero-order valence-corrected chi connectivity index (χ0v) is 16.5. The van der Waals surface area contributed by atoms with E-state index in [1.54, 1.807) is 11.8 Å². The summed E-state index contributed by atoms with van der Waals surface area (Å²) in [5, 5.41) is 5.13. The molecule has 0 bridgehead atoms. The molecule has 1 atom stereocenters. The molecule has 1 amide bonds. The second-order valence-electron chi connectivity index (χ2n) is 6.49. The summed E-state index contributed by atoms with van der Waals surface area (Å²) in [6.45, 7) is 2.44. The molecular formula is C23H25N2OS+. The predicted molar refractivity (Wildman–Crippen MR) is 113 cm³/mol. The maximum absolute atomic E-state index is 12.6. The summed E-state index contributed by atoms with van der Waals surface area (Å²) in [5.74, 6) is 0.00421. The van der Waals surface area contributed by atoms with Crippen LogP contribution in [0, 0.1) is 6.92 Å². The average molecular weight is 378 g/mol. The van der Waals surface area contributed by atoms with Crippen molar-refractivity contribution in [1.29, 1.82) is 0 Å². The van der Waals surface area contributed by atoms with Gasteiger partial charge < -0.3 is 10.6 Å². The van der Waals surface area contributed by atoms with Gasteiger partial charge in [-0.15, -0.1) is 11.8 Å². The Hall–Kier alpha value is -2.56. The van der Waals surface area contributed by atoms with E-state index in [9.17, 15) is 4.79 Å².